The Labute approximate surface area is 121 Å². The molecule has 0 saturated heterocycles. The van der Waals surface area contributed by atoms with E-state index in [1.807, 2.05) is 18.4 Å². The summed E-state index contributed by atoms with van der Waals surface area (Å²) in [4.78, 5) is 2.70. The fraction of sp³-hybridized carbons (Fsp3) is 0.333. The van der Waals surface area contributed by atoms with Crippen molar-refractivity contribution in [3.05, 3.63) is 55.7 Å². The van der Waals surface area contributed by atoms with Crippen molar-refractivity contribution in [3.8, 4) is 0 Å². The SMILES string of the molecule is CCc1ccccc1C(NC)c1cc(Br)c(C)s1. The average molecular weight is 324 g/mol. The summed E-state index contributed by atoms with van der Waals surface area (Å²) in [6, 6.07) is 11.2. The minimum absolute atomic E-state index is 0.288. The summed E-state index contributed by atoms with van der Waals surface area (Å²) >= 11 is 5.46. The first-order valence-electron chi connectivity index (χ1n) is 6.18. The maximum absolute atomic E-state index is 3.60. The molecule has 0 fully saturated rings. The predicted octanol–water partition coefficient (Wildman–Crippen LogP) is 4.69. The third kappa shape index (κ3) is 2.68. The molecule has 0 saturated carbocycles. The van der Waals surface area contributed by atoms with Gasteiger partial charge < -0.3 is 5.32 Å². The summed E-state index contributed by atoms with van der Waals surface area (Å²) in [6.45, 7) is 4.36. The smallest absolute Gasteiger partial charge is 0.0671 e. The van der Waals surface area contributed by atoms with Crippen molar-refractivity contribution in [3.63, 3.8) is 0 Å². The lowest BCUT2D eigenvalue weighted by Gasteiger charge is -2.18. The van der Waals surface area contributed by atoms with Gasteiger partial charge in [-0.25, -0.2) is 0 Å². The van der Waals surface area contributed by atoms with Gasteiger partial charge >= 0.3 is 0 Å². The number of rotatable bonds is 4. The second kappa shape index (κ2) is 6.00. The summed E-state index contributed by atoms with van der Waals surface area (Å²) in [6.07, 6.45) is 1.07. The zero-order valence-corrected chi connectivity index (χ0v) is 13.4. The molecule has 0 amide bonds. The molecule has 1 aromatic heterocycles. The van der Waals surface area contributed by atoms with E-state index in [9.17, 15) is 0 Å². The van der Waals surface area contributed by atoms with Gasteiger partial charge in [0.05, 0.1) is 6.04 Å². The number of thiophene rings is 1. The first-order chi connectivity index (χ1) is 8.67. The van der Waals surface area contributed by atoms with Crippen LogP contribution in [0.3, 0.4) is 0 Å². The van der Waals surface area contributed by atoms with E-state index in [0.717, 1.165) is 6.42 Å². The van der Waals surface area contributed by atoms with Crippen LogP contribution in [-0.4, -0.2) is 7.05 Å². The number of hydrogen-bond acceptors (Lipinski definition) is 2. The molecule has 2 rings (SSSR count). The maximum Gasteiger partial charge on any atom is 0.0671 e. The van der Waals surface area contributed by atoms with Crippen LogP contribution in [0.4, 0.5) is 0 Å². The van der Waals surface area contributed by atoms with Crippen molar-refractivity contribution in [1.82, 2.24) is 5.32 Å². The molecule has 18 heavy (non-hydrogen) atoms. The van der Waals surface area contributed by atoms with E-state index in [0.29, 0.717) is 0 Å². The normalized spacial score (nSPS) is 12.7. The van der Waals surface area contributed by atoms with Crippen LogP contribution < -0.4 is 5.32 Å². The van der Waals surface area contributed by atoms with E-state index in [4.69, 9.17) is 0 Å². The summed E-state index contributed by atoms with van der Waals surface area (Å²) in [7, 11) is 2.03. The van der Waals surface area contributed by atoms with Crippen LogP contribution in [0.5, 0.6) is 0 Å². The lowest BCUT2D eigenvalue weighted by Crippen LogP contribution is -2.18. The highest BCUT2D eigenvalue weighted by molar-refractivity contribution is 9.10. The van der Waals surface area contributed by atoms with Gasteiger partial charge in [0.1, 0.15) is 0 Å². The summed E-state index contributed by atoms with van der Waals surface area (Å²) in [5.74, 6) is 0. The van der Waals surface area contributed by atoms with Gasteiger partial charge in [0.15, 0.2) is 0 Å². The van der Waals surface area contributed by atoms with Gasteiger partial charge in [0.2, 0.25) is 0 Å². The van der Waals surface area contributed by atoms with Crippen LogP contribution in [0.25, 0.3) is 0 Å². The van der Waals surface area contributed by atoms with Gasteiger partial charge in [-0.15, -0.1) is 11.3 Å². The lowest BCUT2D eigenvalue weighted by molar-refractivity contribution is 0.695. The highest BCUT2D eigenvalue weighted by Crippen LogP contribution is 2.34. The third-order valence-electron chi connectivity index (χ3n) is 3.20. The standard InChI is InChI=1S/C15H18BrNS/c1-4-11-7-5-6-8-12(11)15(17-3)14-9-13(16)10(2)18-14/h5-9,15,17H,4H2,1-3H3. The Balaban J connectivity index is 2.45. The Hall–Kier alpha value is -0.640. The Kier molecular flexibility index (Phi) is 4.60. The molecular formula is C15H18BrNS. The zero-order valence-electron chi connectivity index (χ0n) is 11.0. The molecule has 0 aliphatic carbocycles. The molecule has 1 unspecified atom stereocenters. The highest BCUT2D eigenvalue weighted by atomic mass is 79.9. The van der Waals surface area contributed by atoms with Crippen molar-refractivity contribution in [2.75, 3.05) is 7.05 Å². The van der Waals surface area contributed by atoms with Crippen LogP contribution in [-0.2, 0) is 6.42 Å². The zero-order chi connectivity index (χ0) is 13.1. The Morgan fingerprint density at radius 2 is 2.06 bits per heavy atom. The maximum atomic E-state index is 3.60. The molecule has 1 heterocycles. The van der Waals surface area contributed by atoms with E-state index in [2.05, 4.69) is 65.4 Å². The molecule has 3 heteroatoms. The molecule has 1 nitrogen and oxygen atoms in total. The summed E-state index contributed by atoms with van der Waals surface area (Å²) in [5, 5.41) is 3.44. The second-order valence-corrected chi connectivity index (χ2v) is 6.47. The molecule has 0 bridgehead atoms. The Morgan fingerprint density at radius 1 is 1.33 bits per heavy atom. The van der Waals surface area contributed by atoms with E-state index < -0.39 is 0 Å². The molecule has 0 aliphatic heterocycles. The highest BCUT2D eigenvalue weighted by Gasteiger charge is 2.17. The van der Waals surface area contributed by atoms with E-state index in [1.165, 1.54) is 25.4 Å². The van der Waals surface area contributed by atoms with Crippen LogP contribution >= 0.6 is 27.3 Å². The van der Waals surface area contributed by atoms with E-state index in [-0.39, 0.29) is 6.04 Å². The first-order valence-corrected chi connectivity index (χ1v) is 7.79. The fourth-order valence-electron chi connectivity index (χ4n) is 2.21. The summed E-state index contributed by atoms with van der Waals surface area (Å²) in [5.41, 5.74) is 2.80. The van der Waals surface area contributed by atoms with Gasteiger partial charge in [0.25, 0.3) is 0 Å². The molecule has 1 aromatic carbocycles. The average Bonchev–Trinajstić information content (AvgIpc) is 2.71. The second-order valence-electron chi connectivity index (χ2n) is 4.33. The fourth-order valence-corrected chi connectivity index (χ4v) is 3.90. The largest absolute Gasteiger partial charge is 0.309 e. The molecular weight excluding hydrogens is 306 g/mol. The number of hydrogen-bond donors (Lipinski definition) is 1. The van der Waals surface area contributed by atoms with Gasteiger partial charge in [-0.3, -0.25) is 0 Å². The van der Waals surface area contributed by atoms with Crippen molar-refractivity contribution >= 4 is 27.3 Å². The van der Waals surface area contributed by atoms with Crippen LogP contribution in [0.2, 0.25) is 0 Å². The minimum Gasteiger partial charge on any atom is -0.309 e. The predicted molar refractivity (Wildman–Crippen MR) is 83.5 cm³/mol. The lowest BCUT2D eigenvalue weighted by atomic mass is 9.98. The quantitative estimate of drug-likeness (QED) is 0.860. The molecule has 0 radical (unpaired) electrons. The van der Waals surface area contributed by atoms with E-state index in [1.54, 1.807) is 0 Å². The molecule has 1 atom stereocenters. The van der Waals surface area contributed by atoms with Crippen LogP contribution in [0.15, 0.2) is 34.8 Å². The molecule has 96 valence electrons. The van der Waals surface area contributed by atoms with E-state index >= 15 is 0 Å². The van der Waals surface area contributed by atoms with Crippen LogP contribution in [0, 0.1) is 6.92 Å². The number of benzene rings is 1. The van der Waals surface area contributed by atoms with Crippen molar-refractivity contribution in [1.29, 1.82) is 0 Å². The first kappa shape index (κ1) is 13.8. The topological polar surface area (TPSA) is 12.0 Å². The van der Waals surface area contributed by atoms with Crippen molar-refractivity contribution in [2.24, 2.45) is 0 Å². The number of nitrogens with one attached hydrogen (secondary N) is 1. The van der Waals surface area contributed by atoms with Gasteiger partial charge in [-0.2, -0.15) is 0 Å². The molecule has 0 aliphatic rings. The number of aryl methyl sites for hydroxylation is 2. The van der Waals surface area contributed by atoms with Crippen LogP contribution in [0.1, 0.15) is 33.8 Å². The summed E-state index contributed by atoms with van der Waals surface area (Å²) < 4.78 is 1.21. The van der Waals surface area contributed by atoms with Crippen molar-refractivity contribution in [2.45, 2.75) is 26.3 Å². The third-order valence-corrected chi connectivity index (χ3v) is 5.40. The Morgan fingerprint density at radius 3 is 2.61 bits per heavy atom. The van der Waals surface area contributed by atoms with Gasteiger partial charge in [0, 0.05) is 14.2 Å². The monoisotopic (exact) mass is 323 g/mol. The molecule has 0 spiro atoms. The van der Waals surface area contributed by atoms with Gasteiger partial charge in [-0.1, -0.05) is 31.2 Å². The number of halogens is 1. The minimum atomic E-state index is 0.288. The van der Waals surface area contributed by atoms with Gasteiger partial charge in [-0.05, 0) is 53.5 Å². The molecule has 2 aromatic rings. The Bertz CT molecular complexity index is 514. The molecule has 1 N–H and O–H groups in total. The van der Waals surface area contributed by atoms with Crippen molar-refractivity contribution < 1.29 is 0 Å².